The second-order valence-corrected chi connectivity index (χ2v) is 7.12. The van der Waals surface area contributed by atoms with Gasteiger partial charge in [0.2, 0.25) is 5.91 Å². The molecule has 3 heterocycles. The van der Waals surface area contributed by atoms with Crippen molar-refractivity contribution in [3.63, 3.8) is 0 Å². The van der Waals surface area contributed by atoms with Gasteiger partial charge in [-0.25, -0.2) is 9.97 Å². The smallest absolute Gasteiger partial charge is 0.249 e. The van der Waals surface area contributed by atoms with Crippen molar-refractivity contribution < 1.29 is 4.79 Å². The highest BCUT2D eigenvalue weighted by Crippen LogP contribution is 2.25. The van der Waals surface area contributed by atoms with Gasteiger partial charge < -0.3 is 15.1 Å². The number of hydrogen-bond acceptors (Lipinski definition) is 5. The molecule has 1 aromatic carbocycles. The zero-order valence-electron chi connectivity index (χ0n) is 15.2. The molecule has 2 aromatic rings. The number of hydrogen-bond donors (Lipinski definition) is 1. The third kappa shape index (κ3) is 3.49. The molecule has 1 unspecified atom stereocenters. The topological polar surface area (TPSA) is 61.4 Å². The first kappa shape index (κ1) is 16.8. The molecule has 6 heteroatoms. The Kier molecular flexibility index (Phi) is 4.73. The molecule has 136 valence electrons. The van der Waals surface area contributed by atoms with Gasteiger partial charge in [0.05, 0.1) is 0 Å². The summed E-state index contributed by atoms with van der Waals surface area (Å²) < 4.78 is 0. The normalized spacial score (nSPS) is 20.5. The molecule has 6 nitrogen and oxygen atoms in total. The van der Waals surface area contributed by atoms with Gasteiger partial charge in [0.15, 0.2) is 0 Å². The minimum atomic E-state index is -0.236. The predicted octanol–water partition coefficient (Wildman–Crippen LogP) is 2.99. The molecule has 0 radical (unpaired) electrons. The summed E-state index contributed by atoms with van der Waals surface area (Å²) in [6.45, 7) is 4.86. The van der Waals surface area contributed by atoms with E-state index in [1.54, 1.807) is 6.33 Å². The van der Waals surface area contributed by atoms with Crippen LogP contribution in [0.4, 0.5) is 17.3 Å². The Hall–Kier alpha value is -2.63. The Morgan fingerprint density at radius 1 is 1.04 bits per heavy atom. The van der Waals surface area contributed by atoms with Gasteiger partial charge >= 0.3 is 0 Å². The zero-order chi connectivity index (χ0) is 17.9. The first-order valence-corrected chi connectivity index (χ1v) is 9.42. The molecule has 2 fully saturated rings. The van der Waals surface area contributed by atoms with E-state index in [1.165, 1.54) is 24.8 Å². The van der Waals surface area contributed by atoms with Gasteiger partial charge in [-0.3, -0.25) is 4.79 Å². The molecule has 1 aromatic heterocycles. The summed E-state index contributed by atoms with van der Waals surface area (Å²) in [6, 6.07) is 9.83. The van der Waals surface area contributed by atoms with Gasteiger partial charge in [-0.05, 0) is 44.7 Å². The Morgan fingerprint density at radius 3 is 2.58 bits per heavy atom. The van der Waals surface area contributed by atoms with Crippen LogP contribution in [0.15, 0.2) is 36.7 Å². The number of anilines is 3. The van der Waals surface area contributed by atoms with E-state index in [9.17, 15) is 4.79 Å². The Balaban J connectivity index is 1.44. The quantitative estimate of drug-likeness (QED) is 0.917. The molecule has 0 bridgehead atoms. The summed E-state index contributed by atoms with van der Waals surface area (Å²) in [5, 5.41) is 3.31. The number of piperidine rings is 1. The minimum Gasteiger partial charge on any atom is -0.358 e. The molecular weight excluding hydrogens is 326 g/mol. The summed E-state index contributed by atoms with van der Waals surface area (Å²) in [6.07, 6.45) is 6.07. The SMILES string of the molecule is Cc1ccc(N2CCC(Nc3cc(N4CCCCC4)ncn3)C2=O)cc1. The maximum Gasteiger partial charge on any atom is 0.249 e. The van der Waals surface area contributed by atoms with Crippen LogP contribution in [0.1, 0.15) is 31.2 Å². The number of benzene rings is 1. The number of carbonyl (C=O) groups excluding carboxylic acids is 1. The third-order valence-electron chi connectivity index (χ3n) is 5.21. The van der Waals surface area contributed by atoms with Crippen LogP contribution in [0, 0.1) is 6.92 Å². The fourth-order valence-electron chi connectivity index (χ4n) is 3.70. The molecular formula is C20H25N5O. The maximum atomic E-state index is 12.8. The molecule has 0 aliphatic carbocycles. The number of aromatic nitrogens is 2. The van der Waals surface area contributed by atoms with E-state index >= 15 is 0 Å². The van der Waals surface area contributed by atoms with Gasteiger partial charge in [-0.2, -0.15) is 0 Å². The van der Waals surface area contributed by atoms with E-state index < -0.39 is 0 Å². The summed E-state index contributed by atoms with van der Waals surface area (Å²) in [4.78, 5) is 25.7. The largest absolute Gasteiger partial charge is 0.358 e. The maximum absolute atomic E-state index is 12.8. The molecule has 1 amide bonds. The Morgan fingerprint density at radius 2 is 1.81 bits per heavy atom. The van der Waals surface area contributed by atoms with Crippen LogP contribution in [0.25, 0.3) is 0 Å². The standard InChI is InChI=1S/C20H25N5O/c1-15-5-7-16(8-6-15)25-12-9-17(20(25)26)23-18-13-19(22-14-21-18)24-10-3-2-4-11-24/h5-8,13-14,17H,2-4,9-12H2,1H3,(H,21,22,23). The van der Waals surface area contributed by atoms with Crippen LogP contribution in [-0.4, -0.2) is 41.6 Å². The summed E-state index contributed by atoms with van der Waals surface area (Å²) in [5.74, 6) is 1.78. The van der Waals surface area contributed by atoms with Crippen molar-refractivity contribution in [1.29, 1.82) is 0 Å². The Labute approximate surface area is 154 Å². The predicted molar refractivity (Wildman–Crippen MR) is 104 cm³/mol. The highest BCUT2D eigenvalue weighted by Gasteiger charge is 2.32. The van der Waals surface area contributed by atoms with Crippen LogP contribution in [0.3, 0.4) is 0 Å². The molecule has 26 heavy (non-hydrogen) atoms. The van der Waals surface area contributed by atoms with Crippen LogP contribution in [0.2, 0.25) is 0 Å². The average molecular weight is 351 g/mol. The van der Waals surface area contributed by atoms with E-state index in [0.29, 0.717) is 0 Å². The molecule has 0 spiro atoms. The Bertz CT molecular complexity index is 770. The van der Waals surface area contributed by atoms with Crippen molar-refractivity contribution in [3.8, 4) is 0 Å². The van der Waals surface area contributed by atoms with E-state index in [4.69, 9.17) is 0 Å². The third-order valence-corrected chi connectivity index (χ3v) is 5.21. The fourth-order valence-corrected chi connectivity index (χ4v) is 3.70. The molecule has 2 aliphatic rings. The molecule has 1 atom stereocenters. The van der Waals surface area contributed by atoms with E-state index in [1.807, 2.05) is 35.2 Å². The van der Waals surface area contributed by atoms with Crippen LogP contribution >= 0.6 is 0 Å². The highest BCUT2D eigenvalue weighted by atomic mass is 16.2. The van der Waals surface area contributed by atoms with Crippen molar-refractivity contribution in [2.24, 2.45) is 0 Å². The zero-order valence-corrected chi connectivity index (χ0v) is 15.2. The van der Waals surface area contributed by atoms with Gasteiger partial charge in [0.1, 0.15) is 24.0 Å². The first-order chi connectivity index (χ1) is 12.7. The molecule has 2 saturated heterocycles. The van der Waals surface area contributed by atoms with Crippen molar-refractivity contribution in [2.45, 2.75) is 38.6 Å². The van der Waals surface area contributed by atoms with Gasteiger partial charge in [-0.1, -0.05) is 17.7 Å². The summed E-state index contributed by atoms with van der Waals surface area (Å²) >= 11 is 0. The average Bonchev–Trinajstić information content (AvgIpc) is 3.04. The number of carbonyl (C=O) groups is 1. The van der Waals surface area contributed by atoms with Crippen LogP contribution in [0.5, 0.6) is 0 Å². The lowest BCUT2D eigenvalue weighted by Gasteiger charge is -2.27. The second kappa shape index (κ2) is 7.32. The molecule has 2 aliphatic heterocycles. The number of nitrogens with zero attached hydrogens (tertiary/aromatic N) is 4. The van der Waals surface area contributed by atoms with Gasteiger partial charge in [0, 0.05) is 31.4 Å². The lowest BCUT2D eigenvalue weighted by molar-refractivity contribution is -0.117. The van der Waals surface area contributed by atoms with Crippen molar-refractivity contribution in [2.75, 3.05) is 34.8 Å². The van der Waals surface area contributed by atoms with Crippen molar-refractivity contribution in [1.82, 2.24) is 9.97 Å². The van der Waals surface area contributed by atoms with E-state index in [-0.39, 0.29) is 11.9 Å². The van der Waals surface area contributed by atoms with Crippen LogP contribution < -0.4 is 15.1 Å². The highest BCUT2D eigenvalue weighted by molar-refractivity contribution is 6.00. The monoisotopic (exact) mass is 351 g/mol. The van der Waals surface area contributed by atoms with Gasteiger partial charge in [0.25, 0.3) is 0 Å². The molecule has 1 N–H and O–H groups in total. The molecule has 4 rings (SSSR count). The summed E-state index contributed by atoms with van der Waals surface area (Å²) in [5.41, 5.74) is 2.16. The van der Waals surface area contributed by atoms with Crippen molar-refractivity contribution in [3.05, 3.63) is 42.2 Å². The lowest BCUT2D eigenvalue weighted by Crippen LogP contribution is -2.34. The fraction of sp³-hybridized carbons (Fsp3) is 0.450. The van der Waals surface area contributed by atoms with Crippen LogP contribution in [-0.2, 0) is 4.79 Å². The molecule has 0 saturated carbocycles. The van der Waals surface area contributed by atoms with E-state index in [0.717, 1.165) is 43.4 Å². The van der Waals surface area contributed by atoms with Gasteiger partial charge in [-0.15, -0.1) is 0 Å². The number of aryl methyl sites for hydroxylation is 1. The van der Waals surface area contributed by atoms with E-state index in [2.05, 4.69) is 27.1 Å². The number of rotatable bonds is 4. The van der Waals surface area contributed by atoms with Crippen molar-refractivity contribution >= 4 is 23.2 Å². The summed E-state index contributed by atoms with van der Waals surface area (Å²) in [7, 11) is 0. The second-order valence-electron chi connectivity index (χ2n) is 7.12. The number of nitrogens with one attached hydrogen (secondary N) is 1. The number of amides is 1. The first-order valence-electron chi connectivity index (χ1n) is 9.42. The minimum absolute atomic E-state index is 0.104. The lowest BCUT2D eigenvalue weighted by atomic mass is 10.1.